The fourth-order valence-electron chi connectivity index (χ4n) is 2.85. The van der Waals surface area contributed by atoms with Crippen molar-refractivity contribution in [3.05, 3.63) is 35.9 Å². The first-order valence-electron chi connectivity index (χ1n) is 7.07. The van der Waals surface area contributed by atoms with Gasteiger partial charge in [0.2, 0.25) is 0 Å². The molecule has 0 spiro atoms. The summed E-state index contributed by atoms with van der Waals surface area (Å²) in [6, 6.07) is 9.40. The third-order valence-corrected chi connectivity index (χ3v) is 4.40. The minimum atomic E-state index is -0.786. The van der Waals surface area contributed by atoms with E-state index in [-0.39, 0.29) is 24.3 Å². The molecule has 1 fully saturated rings. The first-order valence-corrected chi connectivity index (χ1v) is 7.07. The Morgan fingerprint density at radius 1 is 1.38 bits per heavy atom. The van der Waals surface area contributed by atoms with Crippen molar-refractivity contribution in [3.63, 3.8) is 0 Å². The predicted molar refractivity (Wildman–Crippen MR) is 78.4 cm³/mol. The molecule has 0 radical (unpaired) electrons. The van der Waals surface area contributed by atoms with Crippen molar-refractivity contribution in [2.24, 2.45) is 5.92 Å². The average Bonchev–Trinajstić information content (AvgIpc) is 2.45. The van der Waals surface area contributed by atoms with E-state index in [1.54, 1.807) is 12.1 Å². The minimum absolute atomic E-state index is 0. The molecule has 0 aromatic heterocycles. The lowest BCUT2D eigenvalue weighted by molar-refractivity contribution is -0.915. The van der Waals surface area contributed by atoms with Crippen molar-refractivity contribution in [2.75, 3.05) is 13.6 Å². The molecule has 3 nitrogen and oxygen atoms in total. The van der Waals surface area contributed by atoms with Crippen LogP contribution in [0, 0.1) is 18.3 Å². The van der Waals surface area contributed by atoms with Crippen molar-refractivity contribution in [1.29, 1.82) is 0 Å². The molecule has 1 aliphatic rings. The Hall–Kier alpha value is -1.50. The number of ether oxygens (including phenoxy) is 1. The van der Waals surface area contributed by atoms with Crippen LogP contribution in [0.25, 0.3) is 0 Å². The first-order chi connectivity index (χ1) is 9.48. The van der Waals surface area contributed by atoms with Gasteiger partial charge in [-0.15, -0.1) is 6.42 Å². The Labute approximate surface area is 133 Å². The maximum atomic E-state index is 12.3. The molecule has 1 heterocycles. The van der Waals surface area contributed by atoms with E-state index in [0.717, 1.165) is 6.54 Å². The molecule has 4 atom stereocenters. The lowest BCUT2D eigenvalue weighted by atomic mass is 9.79. The largest absolute Gasteiger partial charge is 1.00 e. The van der Waals surface area contributed by atoms with Crippen LogP contribution in [-0.2, 0) is 4.74 Å². The molecule has 4 heteroatoms. The van der Waals surface area contributed by atoms with Crippen LogP contribution in [0.3, 0.4) is 0 Å². The zero-order valence-corrected chi connectivity index (χ0v) is 13.5. The zero-order chi connectivity index (χ0) is 14.8. The normalized spacial score (nSPS) is 31.6. The molecule has 21 heavy (non-hydrogen) atoms. The SMILES string of the molecule is C#CC1(OC(=O)c2ccccc2)CC(C)[NH+](C)CC1C.[Cl-]. The lowest BCUT2D eigenvalue weighted by Gasteiger charge is -2.42. The smallest absolute Gasteiger partial charge is 0.339 e. The van der Waals surface area contributed by atoms with Crippen molar-refractivity contribution < 1.29 is 26.8 Å². The van der Waals surface area contributed by atoms with Crippen LogP contribution < -0.4 is 17.3 Å². The topological polar surface area (TPSA) is 30.7 Å². The van der Waals surface area contributed by atoms with Gasteiger partial charge >= 0.3 is 5.97 Å². The number of nitrogens with one attached hydrogen (secondary N) is 1. The van der Waals surface area contributed by atoms with Gasteiger partial charge in [0.05, 0.1) is 37.5 Å². The number of hydrogen-bond acceptors (Lipinski definition) is 2. The van der Waals surface area contributed by atoms with Crippen molar-refractivity contribution in [3.8, 4) is 12.3 Å². The van der Waals surface area contributed by atoms with Gasteiger partial charge in [-0.1, -0.05) is 31.0 Å². The first kappa shape index (κ1) is 17.6. The number of likely N-dealkylation sites (tertiary alicyclic amines) is 1. The number of benzene rings is 1. The number of carbonyl (C=O) groups is 1. The van der Waals surface area contributed by atoms with E-state index in [9.17, 15) is 4.79 Å². The minimum Gasteiger partial charge on any atom is -1.00 e. The highest BCUT2D eigenvalue weighted by Gasteiger charge is 2.47. The van der Waals surface area contributed by atoms with Gasteiger partial charge in [0.25, 0.3) is 0 Å². The van der Waals surface area contributed by atoms with E-state index in [1.807, 2.05) is 18.2 Å². The number of hydrogen-bond donors (Lipinski definition) is 1. The molecule has 0 aliphatic carbocycles. The number of esters is 1. The number of carbonyl (C=O) groups excluding carboxylic acids is 1. The average molecular weight is 308 g/mol. The maximum absolute atomic E-state index is 12.3. The van der Waals surface area contributed by atoms with Gasteiger partial charge in [0.15, 0.2) is 5.60 Å². The Kier molecular flexibility index (Phi) is 5.83. The number of halogens is 1. The molecule has 1 aromatic rings. The molecular formula is C17H22ClNO2. The fourth-order valence-corrected chi connectivity index (χ4v) is 2.85. The van der Waals surface area contributed by atoms with Crippen molar-refractivity contribution in [1.82, 2.24) is 0 Å². The Morgan fingerprint density at radius 3 is 2.57 bits per heavy atom. The van der Waals surface area contributed by atoms with Gasteiger partial charge in [-0.25, -0.2) is 4.79 Å². The Balaban J connectivity index is 0.00000220. The summed E-state index contributed by atoms with van der Waals surface area (Å²) in [5.74, 6) is 2.58. The summed E-state index contributed by atoms with van der Waals surface area (Å²) < 4.78 is 5.76. The summed E-state index contributed by atoms with van der Waals surface area (Å²) in [5, 5.41) is 0. The molecule has 0 saturated carbocycles. The molecule has 1 aliphatic heterocycles. The number of quaternary nitrogens is 1. The lowest BCUT2D eigenvalue weighted by Crippen LogP contribution is -3.15. The predicted octanol–water partition coefficient (Wildman–Crippen LogP) is -1.84. The number of piperidine rings is 1. The second-order valence-corrected chi connectivity index (χ2v) is 5.85. The Bertz CT molecular complexity index is 525. The van der Waals surface area contributed by atoms with Crippen LogP contribution in [-0.4, -0.2) is 31.2 Å². The van der Waals surface area contributed by atoms with Gasteiger partial charge in [0, 0.05) is 0 Å². The Morgan fingerprint density at radius 2 is 2.00 bits per heavy atom. The van der Waals surface area contributed by atoms with Gasteiger partial charge < -0.3 is 22.0 Å². The summed E-state index contributed by atoms with van der Waals surface area (Å²) in [5.41, 5.74) is -0.237. The highest BCUT2D eigenvalue weighted by atomic mass is 35.5. The molecule has 2 rings (SSSR count). The van der Waals surface area contributed by atoms with Crippen LogP contribution in [0.15, 0.2) is 30.3 Å². The van der Waals surface area contributed by atoms with Crippen molar-refractivity contribution in [2.45, 2.75) is 31.9 Å². The van der Waals surface area contributed by atoms with Crippen LogP contribution in [0.1, 0.15) is 30.6 Å². The monoisotopic (exact) mass is 307 g/mol. The molecule has 114 valence electrons. The molecule has 1 aromatic carbocycles. The van der Waals surface area contributed by atoms with E-state index in [2.05, 4.69) is 26.8 Å². The molecular weight excluding hydrogens is 286 g/mol. The summed E-state index contributed by atoms with van der Waals surface area (Å²) in [4.78, 5) is 13.7. The number of terminal acetylenes is 1. The van der Waals surface area contributed by atoms with E-state index < -0.39 is 5.60 Å². The molecule has 4 unspecified atom stereocenters. The summed E-state index contributed by atoms with van der Waals surface area (Å²) in [7, 11) is 2.15. The maximum Gasteiger partial charge on any atom is 0.339 e. The molecule has 0 amide bonds. The quantitative estimate of drug-likeness (QED) is 0.514. The summed E-state index contributed by atoms with van der Waals surface area (Å²) in [6.45, 7) is 5.12. The van der Waals surface area contributed by atoms with Gasteiger partial charge in [-0.05, 0) is 19.1 Å². The second-order valence-electron chi connectivity index (χ2n) is 5.85. The third kappa shape index (κ3) is 3.58. The van der Waals surface area contributed by atoms with E-state index in [4.69, 9.17) is 11.2 Å². The highest BCUT2D eigenvalue weighted by molar-refractivity contribution is 5.89. The molecule has 1 saturated heterocycles. The van der Waals surface area contributed by atoms with Crippen LogP contribution >= 0.6 is 0 Å². The summed E-state index contributed by atoms with van der Waals surface area (Å²) >= 11 is 0. The second kappa shape index (κ2) is 6.98. The number of rotatable bonds is 2. The van der Waals surface area contributed by atoms with Gasteiger partial charge in [-0.3, -0.25) is 0 Å². The standard InChI is InChI=1S/C17H21NO2.ClH/c1-5-17(11-14(3)18(4)12-13(17)2)20-16(19)15-9-7-6-8-10-15;/h1,6-10,13-14H,11-12H2,2-4H3;1H. The van der Waals surface area contributed by atoms with Gasteiger partial charge in [0.1, 0.15) is 0 Å². The van der Waals surface area contributed by atoms with E-state index in [1.165, 1.54) is 4.90 Å². The van der Waals surface area contributed by atoms with Crippen LogP contribution in [0.5, 0.6) is 0 Å². The third-order valence-electron chi connectivity index (χ3n) is 4.40. The molecule has 1 N–H and O–H groups in total. The zero-order valence-electron chi connectivity index (χ0n) is 12.7. The highest BCUT2D eigenvalue weighted by Crippen LogP contribution is 2.29. The van der Waals surface area contributed by atoms with Gasteiger partial charge in [-0.2, -0.15) is 0 Å². The van der Waals surface area contributed by atoms with Crippen LogP contribution in [0.4, 0.5) is 0 Å². The summed E-state index contributed by atoms with van der Waals surface area (Å²) in [6.07, 6.45) is 6.43. The fraction of sp³-hybridized carbons (Fsp3) is 0.471. The van der Waals surface area contributed by atoms with Crippen LogP contribution in [0.2, 0.25) is 0 Å². The van der Waals surface area contributed by atoms with E-state index >= 15 is 0 Å². The van der Waals surface area contributed by atoms with E-state index in [0.29, 0.717) is 18.0 Å². The van der Waals surface area contributed by atoms with Crippen molar-refractivity contribution >= 4 is 5.97 Å². The molecule has 0 bridgehead atoms.